The van der Waals surface area contributed by atoms with Gasteiger partial charge in [-0.25, -0.2) is 4.98 Å². The van der Waals surface area contributed by atoms with Crippen molar-refractivity contribution in [1.82, 2.24) is 14.9 Å². The van der Waals surface area contributed by atoms with Gasteiger partial charge < -0.3 is 15.0 Å². The fraction of sp³-hybridized carbons (Fsp3) is 0.429. The van der Waals surface area contributed by atoms with E-state index in [4.69, 9.17) is 5.11 Å². The molecule has 0 saturated carbocycles. The number of imidazole rings is 1. The lowest BCUT2D eigenvalue weighted by Gasteiger charge is -2.10. The Hall–Kier alpha value is -1.53. The molecule has 6 heteroatoms. The van der Waals surface area contributed by atoms with Gasteiger partial charge in [0, 0.05) is 12.6 Å². The van der Waals surface area contributed by atoms with E-state index in [2.05, 4.69) is 21.8 Å². The molecule has 0 aliphatic rings. The van der Waals surface area contributed by atoms with Gasteiger partial charge in [-0.15, -0.1) is 0 Å². The molecule has 0 spiro atoms. The van der Waals surface area contributed by atoms with Crippen LogP contribution in [0.15, 0.2) is 29.4 Å². The first-order chi connectivity index (χ1) is 9.65. The number of carbonyl (C=O) groups excluding carboxylic acids is 1. The van der Waals surface area contributed by atoms with Gasteiger partial charge in [0.15, 0.2) is 5.16 Å². The summed E-state index contributed by atoms with van der Waals surface area (Å²) in [4.78, 5) is 16.3. The predicted molar refractivity (Wildman–Crippen MR) is 80.8 cm³/mol. The van der Waals surface area contributed by atoms with Gasteiger partial charge in [0.05, 0.1) is 23.4 Å². The van der Waals surface area contributed by atoms with E-state index in [1.807, 2.05) is 24.3 Å². The fourth-order valence-electron chi connectivity index (χ4n) is 1.96. The van der Waals surface area contributed by atoms with Crippen molar-refractivity contribution in [3.63, 3.8) is 0 Å². The number of rotatable bonds is 6. The lowest BCUT2D eigenvalue weighted by atomic mass is 10.3. The molecule has 1 atom stereocenters. The summed E-state index contributed by atoms with van der Waals surface area (Å²) in [5.41, 5.74) is 2.03. The number of para-hydroxylation sites is 2. The summed E-state index contributed by atoms with van der Waals surface area (Å²) >= 11 is 1.42. The number of hydrogen-bond donors (Lipinski definition) is 2. The Morgan fingerprint density at radius 1 is 1.50 bits per heavy atom. The van der Waals surface area contributed by atoms with Crippen LogP contribution in [0.25, 0.3) is 11.0 Å². The third kappa shape index (κ3) is 3.32. The minimum Gasteiger partial charge on any atom is -0.394 e. The molecular formula is C14H19N3O2S. The third-order valence-corrected chi connectivity index (χ3v) is 3.93. The molecule has 0 aliphatic heterocycles. The van der Waals surface area contributed by atoms with Gasteiger partial charge in [0.1, 0.15) is 0 Å². The monoisotopic (exact) mass is 293 g/mol. The quantitative estimate of drug-likeness (QED) is 0.795. The highest BCUT2D eigenvalue weighted by molar-refractivity contribution is 7.99. The molecule has 20 heavy (non-hydrogen) atoms. The van der Waals surface area contributed by atoms with Gasteiger partial charge in [-0.05, 0) is 26.0 Å². The van der Waals surface area contributed by atoms with Crippen LogP contribution in [0.3, 0.4) is 0 Å². The van der Waals surface area contributed by atoms with Gasteiger partial charge in [0.25, 0.3) is 0 Å². The van der Waals surface area contributed by atoms with Crippen molar-refractivity contribution in [3.8, 4) is 0 Å². The SMILES string of the molecule is CCn1c(SCC(=O)NC(C)CO)nc2ccccc21. The largest absolute Gasteiger partial charge is 0.394 e. The first-order valence-corrected chi connectivity index (χ1v) is 7.62. The maximum atomic E-state index is 11.7. The number of benzene rings is 1. The standard InChI is InChI=1S/C14H19N3O2S/c1-3-17-12-7-5-4-6-11(12)16-14(17)20-9-13(19)15-10(2)8-18/h4-7,10,18H,3,8-9H2,1-2H3,(H,15,19). The Labute approximate surface area is 122 Å². The summed E-state index contributed by atoms with van der Waals surface area (Å²) in [5.74, 6) is 0.208. The van der Waals surface area contributed by atoms with Crippen LogP contribution in [-0.4, -0.2) is 39.0 Å². The Morgan fingerprint density at radius 2 is 2.25 bits per heavy atom. The number of hydrogen-bond acceptors (Lipinski definition) is 4. The number of carbonyl (C=O) groups is 1. The molecule has 0 bridgehead atoms. The zero-order valence-corrected chi connectivity index (χ0v) is 12.5. The average Bonchev–Trinajstić information content (AvgIpc) is 2.82. The van der Waals surface area contributed by atoms with E-state index in [0.29, 0.717) is 5.75 Å². The van der Waals surface area contributed by atoms with Gasteiger partial charge in [-0.2, -0.15) is 0 Å². The van der Waals surface area contributed by atoms with Crippen LogP contribution in [-0.2, 0) is 11.3 Å². The maximum Gasteiger partial charge on any atom is 0.230 e. The molecular weight excluding hydrogens is 274 g/mol. The number of amides is 1. The first kappa shape index (κ1) is 14.9. The molecule has 5 nitrogen and oxygen atoms in total. The lowest BCUT2D eigenvalue weighted by molar-refractivity contribution is -0.119. The van der Waals surface area contributed by atoms with Gasteiger partial charge >= 0.3 is 0 Å². The van der Waals surface area contributed by atoms with Gasteiger partial charge in [0.2, 0.25) is 5.91 Å². The second kappa shape index (κ2) is 6.76. The van der Waals surface area contributed by atoms with E-state index in [1.165, 1.54) is 11.8 Å². The molecule has 1 heterocycles. The zero-order valence-electron chi connectivity index (χ0n) is 11.7. The summed E-state index contributed by atoms with van der Waals surface area (Å²) in [6.07, 6.45) is 0. The normalized spacial score (nSPS) is 12.6. The molecule has 2 rings (SSSR count). The molecule has 0 aliphatic carbocycles. The molecule has 1 unspecified atom stereocenters. The number of nitrogens with one attached hydrogen (secondary N) is 1. The summed E-state index contributed by atoms with van der Waals surface area (Å²) in [7, 11) is 0. The average molecular weight is 293 g/mol. The molecule has 1 amide bonds. The zero-order chi connectivity index (χ0) is 14.5. The van der Waals surface area contributed by atoms with Crippen molar-refractivity contribution in [2.24, 2.45) is 0 Å². The number of aryl methyl sites for hydroxylation is 1. The third-order valence-electron chi connectivity index (χ3n) is 2.95. The Kier molecular flexibility index (Phi) is 5.03. The fourth-order valence-corrected chi connectivity index (χ4v) is 2.85. The highest BCUT2D eigenvalue weighted by Crippen LogP contribution is 2.23. The number of fused-ring (bicyclic) bond motifs is 1. The molecule has 0 fully saturated rings. The van der Waals surface area contributed by atoms with Crippen molar-refractivity contribution in [3.05, 3.63) is 24.3 Å². The van der Waals surface area contributed by atoms with Crippen LogP contribution >= 0.6 is 11.8 Å². The van der Waals surface area contributed by atoms with Crippen molar-refractivity contribution >= 4 is 28.7 Å². The summed E-state index contributed by atoms with van der Waals surface area (Å²) in [6.45, 7) is 4.59. The molecule has 2 aromatic rings. The minimum absolute atomic E-state index is 0.0517. The molecule has 2 N–H and O–H groups in total. The first-order valence-electron chi connectivity index (χ1n) is 6.64. The van der Waals surface area contributed by atoms with E-state index < -0.39 is 0 Å². The topological polar surface area (TPSA) is 67.2 Å². The Balaban J connectivity index is 2.08. The van der Waals surface area contributed by atoms with Gasteiger partial charge in [-0.1, -0.05) is 23.9 Å². The van der Waals surface area contributed by atoms with Crippen LogP contribution in [0.5, 0.6) is 0 Å². The number of aromatic nitrogens is 2. The lowest BCUT2D eigenvalue weighted by Crippen LogP contribution is -2.36. The van der Waals surface area contributed by atoms with E-state index in [9.17, 15) is 4.79 Å². The second-order valence-corrected chi connectivity index (χ2v) is 5.51. The Bertz CT molecular complexity index is 597. The number of thioether (sulfide) groups is 1. The Morgan fingerprint density at radius 3 is 2.95 bits per heavy atom. The van der Waals surface area contributed by atoms with Crippen LogP contribution < -0.4 is 5.32 Å². The van der Waals surface area contributed by atoms with Crippen molar-refractivity contribution in [1.29, 1.82) is 0 Å². The summed E-state index contributed by atoms with van der Waals surface area (Å²) < 4.78 is 2.10. The van der Waals surface area contributed by atoms with E-state index in [1.54, 1.807) is 6.92 Å². The molecule has 1 aromatic carbocycles. The molecule has 1 aromatic heterocycles. The predicted octanol–water partition coefficient (Wildman–Crippen LogP) is 1.65. The van der Waals surface area contributed by atoms with E-state index in [0.717, 1.165) is 22.7 Å². The van der Waals surface area contributed by atoms with E-state index >= 15 is 0 Å². The summed E-state index contributed by atoms with van der Waals surface area (Å²) in [6, 6.07) is 7.73. The number of aliphatic hydroxyl groups is 1. The van der Waals surface area contributed by atoms with Gasteiger partial charge in [-0.3, -0.25) is 4.79 Å². The van der Waals surface area contributed by atoms with Crippen LogP contribution in [0.4, 0.5) is 0 Å². The van der Waals surface area contributed by atoms with E-state index in [-0.39, 0.29) is 18.6 Å². The van der Waals surface area contributed by atoms with Crippen molar-refractivity contribution < 1.29 is 9.90 Å². The van der Waals surface area contributed by atoms with Crippen molar-refractivity contribution in [2.75, 3.05) is 12.4 Å². The number of nitrogens with zero attached hydrogens (tertiary/aromatic N) is 2. The van der Waals surface area contributed by atoms with Crippen LogP contribution in [0.1, 0.15) is 13.8 Å². The minimum atomic E-state index is -0.215. The smallest absolute Gasteiger partial charge is 0.230 e. The molecule has 108 valence electrons. The van der Waals surface area contributed by atoms with Crippen LogP contribution in [0.2, 0.25) is 0 Å². The van der Waals surface area contributed by atoms with Crippen molar-refractivity contribution in [2.45, 2.75) is 31.6 Å². The van der Waals surface area contributed by atoms with Crippen LogP contribution in [0, 0.1) is 0 Å². The molecule has 0 saturated heterocycles. The maximum absolute atomic E-state index is 11.7. The molecule has 0 radical (unpaired) electrons. The number of aliphatic hydroxyl groups excluding tert-OH is 1. The second-order valence-electron chi connectivity index (χ2n) is 4.57. The summed E-state index contributed by atoms with van der Waals surface area (Å²) in [5, 5.41) is 12.5. The highest BCUT2D eigenvalue weighted by atomic mass is 32.2. The highest BCUT2D eigenvalue weighted by Gasteiger charge is 2.12.